The molecular weight excluding hydrogens is 164 g/mol. The summed E-state index contributed by atoms with van der Waals surface area (Å²) in [5, 5.41) is 0. The first-order valence-electron chi connectivity index (χ1n) is 5.00. The smallest absolute Gasteiger partial charge is 0.223 e. The number of likely N-dealkylation sites (tertiary alicyclic amines) is 1. The van der Waals surface area contributed by atoms with Gasteiger partial charge in [0, 0.05) is 44.9 Å². The highest BCUT2D eigenvalue weighted by atomic mass is 16.2. The first kappa shape index (κ1) is 8.60. The molecule has 0 atom stereocenters. The average molecular weight is 180 g/mol. The summed E-state index contributed by atoms with van der Waals surface area (Å²) in [7, 11) is 0. The Labute approximate surface area is 79.0 Å². The second-order valence-corrected chi connectivity index (χ2v) is 3.78. The molecule has 0 aromatic carbocycles. The molecule has 2 aliphatic rings. The van der Waals surface area contributed by atoms with E-state index in [9.17, 15) is 4.79 Å². The summed E-state index contributed by atoms with van der Waals surface area (Å²) >= 11 is 0. The molecule has 0 radical (unpaired) electrons. The van der Waals surface area contributed by atoms with E-state index < -0.39 is 0 Å². The molecule has 3 nitrogen and oxygen atoms in total. The maximum atomic E-state index is 11.1. The summed E-state index contributed by atoms with van der Waals surface area (Å²) in [4.78, 5) is 15.3. The van der Waals surface area contributed by atoms with Crippen LogP contribution >= 0.6 is 0 Å². The zero-order chi connectivity index (χ0) is 9.26. The molecule has 3 heteroatoms. The van der Waals surface area contributed by atoms with Gasteiger partial charge in [-0.25, -0.2) is 0 Å². The first-order chi connectivity index (χ1) is 6.27. The Bertz CT molecular complexity index is 241. The number of carbonyl (C=O) groups excluding carboxylic acids is 1. The van der Waals surface area contributed by atoms with E-state index in [2.05, 4.69) is 4.90 Å². The second-order valence-electron chi connectivity index (χ2n) is 3.78. The summed E-state index contributed by atoms with van der Waals surface area (Å²) in [5.74, 6) is 0.161. The molecular formula is C10H16N2O. The fourth-order valence-corrected chi connectivity index (χ4v) is 2.04. The summed E-state index contributed by atoms with van der Waals surface area (Å²) < 4.78 is 0. The van der Waals surface area contributed by atoms with Crippen molar-refractivity contribution in [2.75, 3.05) is 19.6 Å². The van der Waals surface area contributed by atoms with Gasteiger partial charge >= 0.3 is 0 Å². The third kappa shape index (κ3) is 1.69. The minimum atomic E-state index is 0.161. The van der Waals surface area contributed by atoms with Gasteiger partial charge in [0.2, 0.25) is 5.91 Å². The van der Waals surface area contributed by atoms with E-state index in [-0.39, 0.29) is 5.91 Å². The lowest BCUT2D eigenvalue weighted by atomic mass is 10.3. The van der Waals surface area contributed by atoms with E-state index >= 15 is 0 Å². The minimum Gasteiger partial charge on any atom is -0.374 e. The molecule has 2 rings (SSSR count). The predicted octanol–water partition coefficient (Wildman–Crippen LogP) is 1.18. The molecule has 0 spiro atoms. The predicted molar refractivity (Wildman–Crippen MR) is 50.9 cm³/mol. The second kappa shape index (κ2) is 3.40. The number of hydrogen-bond acceptors (Lipinski definition) is 2. The Kier molecular flexibility index (Phi) is 2.25. The average Bonchev–Trinajstić information content (AvgIpc) is 2.75. The van der Waals surface area contributed by atoms with Gasteiger partial charge in [-0.1, -0.05) is 0 Å². The maximum absolute atomic E-state index is 11.1. The van der Waals surface area contributed by atoms with Crippen molar-refractivity contribution in [1.29, 1.82) is 0 Å². The number of rotatable bonds is 1. The first-order valence-corrected chi connectivity index (χ1v) is 5.00. The van der Waals surface area contributed by atoms with Gasteiger partial charge in [0.15, 0.2) is 0 Å². The normalized spacial score (nSPS) is 22.4. The largest absolute Gasteiger partial charge is 0.374 e. The Morgan fingerprint density at radius 1 is 1.31 bits per heavy atom. The molecule has 0 aromatic rings. The Morgan fingerprint density at radius 2 is 2.00 bits per heavy atom. The molecule has 72 valence electrons. The summed E-state index contributed by atoms with van der Waals surface area (Å²) in [6.45, 7) is 4.86. The number of hydrogen-bond donors (Lipinski definition) is 0. The third-order valence-electron chi connectivity index (χ3n) is 2.83. The van der Waals surface area contributed by atoms with Crippen LogP contribution in [0.15, 0.2) is 11.9 Å². The van der Waals surface area contributed by atoms with Crippen LogP contribution in [-0.2, 0) is 4.79 Å². The molecule has 1 amide bonds. The summed E-state index contributed by atoms with van der Waals surface area (Å²) in [6, 6.07) is 0. The zero-order valence-corrected chi connectivity index (χ0v) is 8.12. The van der Waals surface area contributed by atoms with Crippen LogP contribution in [0.25, 0.3) is 0 Å². The van der Waals surface area contributed by atoms with Crippen molar-refractivity contribution in [3.05, 3.63) is 11.9 Å². The maximum Gasteiger partial charge on any atom is 0.223 e. The van der Waals surface area contributed by atoms with Crippen LogP contribution in [0.2, 0.25) is 0 Å². The van der Waals surface area contributed by atoms with Gasteiger partial charge in [0.25, 0.3) is 0 Å². The molecule has 2 heterocycles. The van der Waals surface area contributed by atoms with Crippen molar-refractivity contribution in [3.63, 3.8) is 0 Å². The van der Waals surface area contributed by atoms with E-state index in [4.69, 9.17) is 0 Å². The molecule has 0 aliphatic carbocycles. The molecule has 0 unspecified atom stereocenters. The Balaban J connectivity index is 2.00. The van der Waals surface area contributed by atoms with E-state index in [0.717, 1.165) is 13.0 Å². The Morgan fingerprint density at radius 3 is 2.54 bits per heavy atom. The van der Waals surface area contributed by atoms with E-state index in [1.807, 2.05) is 11.1 Å². The van der Waals surface area contributed by atoms with Crippen LogP contribution in [0, 0.1) is 0 Å². The highest BCUT2D eigenvalue weighted by Crippen LogP contribution is 2.22. The number of nitrogens with zero attached hydrogens (tertiary/aromatic N) is 2. The SMILES string of the molecule is CC(=O)N1C=C(N2CCCC2)CC1. The van der Waals surface area contributed by atoms with Gasteiger partial charge < -0.3 is 9.80 Å². The van der Waals surface area contributed by atoms with Crippen LogP contribution in [0.5, 0.6) is 0 Å². The van der Waals surface area contributed by atoms with Crippen molar-refractivity contribution in [2.24, 2.45) is 0 Å². The van der Waals surface area contributed by atoms with Crippen LogP contribution in [-0.4, -0.2) is 35.3 Å². The lowest BCUT2D eigenvalue weighted by Gasteiger charge is -2.17. The van der Waals surface area contributed by atoms with Crippen molar-refractivity contribution < 1.29 is 4.79 Å². The van der Waals surface area contributed by atoms with Crippen molar-refractivity contribution in [1.82, 2.24) is 9.80 Å². The summed E-state index contributed by atoms with van der Waals surface area (Å²) in [6.07, 6.45) is 5.67. The lowest BCUT2D eigenvalue weighted by molar-refractivity contribution is -0.125. The minimum absolute atomic E-state index is 0.161. The number of carbonyl (C=O) groups is 1. The molecule has 2 aliphatic heterocycles. The van der Waals surface area contributed by atoms with Gasteiger partial charge in [-0.3, -0.25) is 4.79 Å². The monoisotopic (exact) mass is 180 g/mol. The van der Waals surface area contributed by atoms with Crippen LogP contribution in [0.3, 0.4) is 0 Å². The highest BCUT2D eigenvalue weighted by molar-refractivity contribution is 5.74. The quantitative estimate of drug-likeness (QED) is 0.605. The van der Waals surface area contributed by atoms with E-state index in [1.165, 1.54) is 31.6 Å². The van der Waals surface area contributed by atoms with Crippen molar-refractivity contribution >= 4 is 5.91 Å². The fraction of sp³-hybridized carbons (Fsp3) is 0.700. The topological polar surface area (TPSA) is 23.6 Å². The molecule has 1 saturated heterocycles. The van der Waals surface area contributed by atoms with Crippen molar-refractivity contribution in [2.45, 2.75) is 26.2 Å². The van der Waals surface area contributed by atoms with E-state index in [1.54, 1.807) is 6.92 Å². The highest BCUT2D eigenvalue weighted by Gasteiger charge is 2.21. The molecule has 0 N–H and O–H groups in total. The van der Waals surface area contributed by atoms with Crippen molar-refractivity contribution in [3.8, 4) is 0 Å². The van der Waals surface area contributed by atoms with Gasteiger partial charge in [-0.05, 0) is 12.8 Å². The molecule has 13 heavy (non-hydrogen) atoms. The Hall–Kier alpha value is -0.990. The summed E-state index contributed by atoms with van der Waals surface area (Å²) in [5.41, 5.74) is 1.35. The molecule has 0 bridgehead atoms. The zero-order valence-electron chi connectivity index (χ0n) is 8.12. The van der Waals surface area contributed by atoms with Crippen LogP contribution in [0.4, 0.5) is 0 Å². The molecule has 0 saturated carbocycles. The van der Waals surface area contributed by atoms with Gasteiger partial charge in [-0.2, -0.15) is 0 Å². The standard InChI is InChI=1S/C10H16N2O/c1-9(13)12-7-4-10(8-12)11-5-2-3-6-11/h8H,2-7H2,1H3. The van der Waals surface area contributed by atoms with Crippen LogP contribution in [0.1, 0.15) is 26.2 Å². The fourth-order valence-electron chi connectivity index (χ4n) is 2.04. The lowest BCUT2D eigenvalue weighted by Crippen LogP contribution is -2.19. The molecule has 1 fully saturated rings. The van der Waals surface area contributed by atoms with Gasteiger partial charge in [0.05, 0.1) is 0 Å². The third-order valence-corrected chi connectivity index (χ3v) is 2.83. The van der Waals surface area contributed by atoms with Gasteiger partial charge in [-0.15, -0.1) is 0 Å². The van der Waals surface area contributed by atoms with Crippen LogP contribution < -0.4 is 0 Å². The molecule has 0 aromatic heterocycles. The van der Waals surface area contributed by atoms with Gasteiger partial charge in [0.1, 0.15) is 0 Å². The van der Waals surface area contributed by atoms with E-state index in [0.29, 0.717) is 0 Å². The number of amides is 1.